The van der Waals surface area contributed by atoms with E-state index < -0.39 is 0 Å². The van der Waals surface area contributed by atoms with Gasteiger partial charge >= 0.3 is 0 Å². The molecule has 2 aromatic rings. The predicted octanol–water partition coefficient (Wildman–Crippen LogP) is 2.81. The lowest BCUT2D eigenvalue weighted by molar-refractivity contribution is 0.400. The van der Waals surface area contributed by atoms with E-state index in [0.29, 0.717) is 13.1 Å². The van der Waals surface area contributed by atoms with Crippen LogP contribution in [0.3, 0.4) is 0 Å². The van der Waals surface area contributed by atoms with Crippen molar-refractivity contribution in [2.24, 2.45) is 4.99 Å². The molecule has 0 atom stereocenters. The fraction of sp³-hybridized carbons (Fsp3) is 0.333. The van der Waals surface area contributed by atoms with Gasteiger partial charge in [-0.1, -0.05) is 6.07 Å². The third kappa shape index (κ3) is 5.04. The average Bonchev–Trinajstić information content (AvgIpc) is 2.94. The third-order valence-corrected chi connectivity index (χ3v) is 3.08. The standard InChI is InChI=1S/C15H20N4O.HI/c1-12-6-4-8-17-14(12)10-18-15(16-2)19(3)11-13-7-5-9-20-13;/h4-9H,10-11H2,1-3H3,(H,16,18);1H. The number of nitrogens with one attached hydrogen (secondary N) is 1. The molecule has 0 aliphatic rings. The molecule has 0 amide bonds. The van der Waals surface area contributed by atoms with Crippen molar-refractivity contribution in [3.63, 3.8) is 0 Å². The fourth-order valence-electron chi connectivity index (χ4n) is 1.96. The summed E-state index contributed by atoms with van der Waals surface area (Å²) in [5.41, 5.74) is 2.20. The van der Waals surface area contributed by atoms with Gasteiger partial charge in [-0.25, -0.2) is 0 Å². The number of aryl methyl sites for hydroxylation is 1. The van der Waals surface area contributed by atoms with Gasteiger partial charge in [0.15, 0.2) is 5.96 Å². The van der Waals surface area contributed by atoms with Crippen LogP contribution in [0, 0.1) is 6.92 Å². The van der Waals surface area contributed by atoms with Gasteiger partial charge in [0.25, 0.3) is 0 Å². The number of hydrogen-bond donors (Lipinski definition) is 1. The number of furan rings is 1. The lowest BCUT2D eigenvalue weighted by Crippen LogP contribution is -2.38. The summed E-state index contributed by atoms with van der Waals surface area (Å²) >= 11 is 0. The highest BCUT2D eigenvalue weighted by molar-refractivity contribution is 14.0. The molecule has 0 aliphatic carbocycles. The zero-order valence-electron chi connectivity index (χ0n) is 12.5. The number of hydrogen-bond acceptors (Lipinski definition) is 3. The number of rotatable bonds is 4. The van der Waals surface area contributed by atoms with Gasteiger partial charge in [-0.2, -0.15) is 0 Å². The molecule has 2 rings (SSSR count). The fourth-order valence-corrected chi connectivity index (χ4v) is 1.96. The molecule has 0 bridgehead atoms. The zero-order chi connectivity index (χ0) is 14.4. The summed E-state index contributed by atoms with van der Waals surface area (Å²) in [6.45, 7) is 3.38. The Balaban J connectivity index is 0.00000220. The maximum atomic E-state index is 5.34. The molecule has 0 fully saturated rings. The molecule has 0 spiro atoms. The van der Waals surface area contributed by atoms with Crippen LogP contribution in [0.1, 0.15) is 17.0 Å². The second-order valence-electron chi connectivity index (χ2n) is 4.60. The van der Waals surface area contributed by atoms with E-state index in [0.717, 1.165) is 17.4 Å². The second kappa shape index (κ2) is 8.66. The smallest absolute Gasteiger partial charge is 0.194 e. The van der Waals surface area contributed by atoms with Crippen LogP contribution in [0.4, 0.5) is 0 Å². The molecule has 5 nitrogen and oxygen atoms in total. The first kappa shape index (κ1) is 17.5. The van der Waals surface area contributed by atoms with Gasteiger partial charge in [-0.05, 0) is 30.7 Å². The van der Waals surface area contributed by atoms with E-state index in [1.54, 1.807) is 19.5 Å². The first-order chi connectivity index (χ1) is 9.70. The Bertz CT molecular complexity index is 569. The highest BCUT2D eigenvalue weighted by Crippen LogP contribution is 2.05. The van der Waals surface area contributed by atoms with E-state index in [1.165, 1.54) is 5.56 Å². The summed E-state index contributed by atoms with van der Waals surface area (Å²) in [5.74, 6) is 1.72. The third-order valence-electron chi connectivity index (χ3n) is 3.08. The molecule has 0 unspecified atom stereocenters. The van der Waals surface area contributed by atoms with E-state index in [9.17, 15) is 0 Å². The van der Waals surface area contributed by atoms with E-state index in [2.05, 4.69) is 28.3 Å². The number of nitrogens with zero attached hydrogens (tertiary/aromatic N) is 3. The Morgan fingerprint density at radius 3 is 2.81 bits per heavy atom. The Morgan fingerprint density at radius 2 is 2.19 bits per heavy atom. The topological polar surface area (TPSA) is 53.7 Å². The van der Waals surface area contributed by atoms with Gasteiger partial charge in [0, 0.05) is 20.3 Å². The van der Waals surface area contributed by atoms with Crippen molar-refractivity contribution < 1.29 is 4.42 Å². The minimum atomic E-state index is 0. The first-order valence-electron chi connectivity index (χ1n) is 6.55. The highest BCUT2D eigenvalue weighted by atomic mass is 127. The summed E-state index contributed by atoms with van der Waals surface area (Å²) < 4.78 is 5.34. The molecular formula is C15H21IN4O. The zero-order valence-corrected chi connectivity index (χ0v) is 14.9. The number of halogens is 1. The van der Waals surface area contributed by atoms with E-state index in [-0.39, 0.29) is 24.0 Å². The van der Waals surface area contributed by atoms with Crippen LogP contribution in [0.15, 0.2) is 46.1 Å². The van der Waals surface area contributed by atoms with E-state index >= 15 is 0 Å². The number of aliphatic imine (C=N–C) groups is 1. The van der Waals surface area contributed by atoms with Crippen molar-refractivity contribution in [2.45, 2.75) is 20.0 Å². The van der Waals surface area contributed by atoms with Gasteiger partial charge in [-0.3, -0.25) is 9.98 Å². The highest BCUT2D eigenvalue weighted by Gasteiger charge is 2.08. The molecule has 114 valence electrons. The maximum absolute atomic E-state index is 5.34. The van der Waals surface area contributed by atoms with Gasteiger partial charge in [0.2, 0.25) is 0 Å². The summed E-state index contributed by atoms with van der Waals surface area (Å²) in [6, 6.07) is 7.83. The first-order valence-corrected chi connectivity index (χ1v) is 6.55. The molecule has 1 N–H and O–H groups in total. The minimum absolute atomic E-state index is 0. The Morgan fingerprint density at radius 1 is 1.38 bits per heavy atom. The predicted molar refractivity (Wildman–Crippen MR) is 94.8 cm³/mol. The van der Waals surface area contributed by atoms with Crippen molar-refractivity contribution in [3.8, 4) is 0 Å². The monoisotopic (exact) mass is 400 g/mol. The summed E-state index contributed by atoms with van der Waals surface area (Å²) in [6.07, 6.45) is 3.48. The minimum Gasteiger partial charge on any atom is -0.467 e. The molecule has 0 radical (unpaired) electrons. The Labute approximate surface area is 142 Å². The largest absolute Gasteiger partial charge is 0.467 e. The molecule has 0 aliphatic heterocycles. The van der Waals surface area contributed by atoms with Crippen LogP contribution in [0.2, 0.25) is 0 Å². The molecule has 21 heavy (non-hydrogen) atoms. The van der Waals surface area contributed by atoms with Gasteiger partial charge in [0.05, 0.1) is 25.0 Å². The van der Waals surface area contributed by atoms with Crippen LogP contribution in [0.5, 0.6) is 0 Å². The van der Waals surface area contributed by atoms with Crippen molar-refractivity contribution in [1.82, 2.24) is 15.2 Å². The van der Waals surface area contributed by atoms with Crippen molar-refractivity contribution in [3.05, 3.63) is 53.7 Å². The van der Waals surface area contributed by atoms with Crippen LogP contribution in [0.25, 0.3) is 0 Å². The normalized spacial score (nSPS) is 10.9. The Hall–Kier alpha value is -1.57. The lowest BCUT2D eigenvalue weighted by atomic mass is 10.2. The maximum Gasteiger partial charge on any atom is 0.194 e. The van der Waals surface area contributed by atoms with E-state index in [1.807, 2.05) is 30.1 Å². The summed E-state index contributed by atoms with van der Waals surface area (Å²) in [7, 11) is 3.75. The van der Waals surface area contributed by atoms with Crippen LogP contribution < -0.4 is 5.32 Å². The van der Waals surface area contributed by atoms with Gasteiger partial charge in [-0.15, -0.1) is 24.0 Å². The number of pyridine rings is 1. The number of aromatic nitrogens is 1. The van der Waals surface area contributed by atoms with Gasteiger partial charge in [0.1, 0.15) is 5.76 Å². The molecule has 6 heteroatoms. The second-order valence-corrected chi connectivity index (χ2v) is 4.60. The van der Waals surface area contributed by atoms with Gasteiger partial charge < -0.3 is 14.6 Å². The van der Waals surface area contributed by atoms with Crippen LogP contribution in [-0.2, 0) is 13.1 Å². The van der Waals surface area contributed by atoms with Crippen molar-refractivity contribution in [1.29, 1.82) is 0 Å². The SMILES string of the molecule is CN=C(NCc1ncccc1C)N(C)Cc1ccco1.I. The molecule has 0 saturated heterocycles. The molecular weight excluding hydrogens is 379 g/mol. The Kier molecular flexibility index (Phi) is 7.21. The summed E-state index contributed by atoms with van der Waals surface area (Å²) in [4.78, 5) is 10.7. The lowest BCUT2D eigenvalue weighted by Gasteiger charge is -2.21. The van der Waals surface area contributed by atoms with Crippen molar-refractivity contribution in [2.75, 3.05) is 14.1 Å². The van der Waals surface area contributed by atoms with Crippen LogP contribution >= 0.6 is 24.0 Å². The molecule has 2 aromatic heterocycles. The molecule has 0 aromatic carbocycles. The van der Waals surface area contributed by atoms with E-state index in [4.69, 9.17) is 4.42 Å². The molecule has 0 saturated carbocycles. The molecule has 2 heterocycles. The summed E-state index contributed by atoms with van der Waals surface area (Å²) in [5, 5.41) is 3.31. The van der Waals surface area contributed by atoms with Crippen molar-refractivity contribution >= 4 is 29.9 Å². The van der Waals surface area contributed by atoms with Crippen LogP contribution in [-0.4, -0.2) is 29.9 Å². The number of guanidine groups is 1. The quantitative estimate of drug-likeness (QED) is 0.487. The average molecular weight is 400 g/mol.